The minimum absolute atomic E-state index is 0.0905. The number of nitrogens with one attached hydrogen (secondary N) is 1. The number of fused-ring (bicyclic) bond motifs is 1. The highest BCUT2D eigenvalue weighted by atomic mass is 16.4. The van der Waals surface area contributed by atoms with Gasteiger partial charge in [-0.3, -0.25) is 23.9 Å². The standard InChI is InChI=1S/C24H21N5O4/c1-14-2-4-15(5-3-14)12-27-23(32)19-11-17-10-18(16-6-8-26-9-7-16)21(25)28-22(17)29(24(19)33)13-20(30)31/h2-11H,12-13H2,1H3,(H2,25,28)(H,27,32)(H,30,31). The molecule has 0 radical (unpaired) electrons. The zero-order chi connectivity index (χ0) is 23.5. The van der Waals surface area contributed by atoms with Crippen molar-refractivity contribution in [1.29, 1.82) is 0 Å². The van der Waals surface area contributed by atoms with E-state index in [2.05, 4.69) is 15.3 Å². The smallest absolute Gasteiger partial charge is 0.323 e. The van der Waals surface area contributed by atoms with Crippen LogP contribution < -0.4 is 16.6 Å². The summed E-state index contributed by atoms with van der Waals surface area (Å²) < 4.78 is 0.950. The van der Waals surface area contributed by atoms with E-state index in [0.717, 1.165) is 21.3 Å². The average Bonchev–Trinajstić information content (AvgIpc) is 2.80. The van der Waals surface area contributed by atoms with Gasteiger partial charge >= 0.3 is 5.97 Å². The lowest BCUT2D eigenvalue weighted by atomic mass is 10.1. The highest BCUT2D eigenvalue weighted by Gasteiger charge is 2.19. The summed E-state index contributed by atoms with van der Waals surface area (Å²) in [5.74, 6) is -1.72. The first-order valence-corrected chi connectivity index (χ1v) is 10.1. The molecule has 3 aromatic heterocycles. The van der Waals surface area contributed by atoms with Crippen LogP contribution in [-0.4, -0.2) is 31.5 Å². The van der Waals surface area contributed by atoms with Gasteiger partial charge in [0.25, 0.3) is 11.5 Å². The van der Waals surface area contributed by atoms with Gasteiger partial charge in [-0.15, -0.1) is 0 Å². The molecule has 3 heterocycles. The molecule has 0 saturated heterocycles. The van der Waals surface area contributed by atoms with Crippen LogP contribution in [0.15, 0.2) is 65.7 Å². The number of rotatable bonds is 6. The van der Waals surface area contributed by atoms with E-state index < -0.39 is 24.0 Å². The van der Waals surface area contributed by atoms with Gasteiger partial charge in [-0.05, 0) is 42.3 Å². The Morgan fingerprint density at radius 3 is 2.45 bits per heavy atom. The molecule has 4 aromatic rings. The van der Waals surface area contributed by atoms with Crippen LogP contribution >= 0.6 is 0 Å². The SMILES string of the molecule is Cc1ccc(CNC(=O)c2cc3cc(-c4ccncc4)c(N)nc3n(CC(=O)O)c2=O)cc1. The van der Waals surface area contributed by atoms with Crippen molar-refractivity contribution in [2.24, 2.45) is 0 Å². The van der Waals surface area contributed by atoms with E-state index >= 15 is 0 Å². The Labute approximate surface area is 188 Å². The third kappa shape index (κ3) is 4.57. The van der Waals surface area contributed by atoms with Crippen molar-refractivity contribution in [2.45, 2.75) is 20.0 Å². The van der Waals surface area contributed by atoms with E-state index in [1.807, 2.05) is 31.2 Å². The number of amides is 1. The van der Waals surface area contributed by atoms with Gasteiger partial charge in [0.1, 0.15) is 23.6 Å². The molecule has 1 amide bonds. The lowest BCUT2D eigenvalue weighted by Gasteiger charge is -2.13. The average molecular weight is 443 g/mol. The first kappa shape index (κ1) is 21.7. The van der Waals surface area contributed by atoms with Crippen molar-refractivity contribution >= 4 is 28.7 Å². The van der Waals surface area contributed by atoms with Crippen LogP contribution in [0.25, 0.3) is 22.2 Å². The van der Waals surface area contributed by atoms with Gasteiger partial charge in [-0.1, -0.05) is 29.8 Å². The molecule has 0 aliphatic rings. The normalized spacial score (nSPS) is 10.8. The van der Waals surface area contributed by atoms with Crippen LogP contribution in [0, 0.1) is 6.92 Å². The molecule has 0 unspecified atom stereocenters. The zero-order valence-corrected chi connectivity index (χ0v) is 17.8. The Bertz CT molecular complexity index is 1410. The number of nitrogens with two attached hydrogens (primary N) is 1. The molecule has 9 nitrogen and oxygen atoms in total. The summed E-state index contributed by atoms with van der Waals surface area (Å²) in [5, 5.41) is 12.5. The minimum Gasteiger partial charge on any atom is -0.480 e. The first-order valence-electron chi connectivity index (χ1n) is 10.1. The van der Waals surface area contributed by atoms with E-state index in [0.29, 0.717) is 10.9 Å². The molecule has 1 aromatic carbocycles. The molecular formula is C24H21N5O4. The van der Waals surface area contributed by atoms with Gasteiger partial charge in [0.15, 0.2) is 0 Å². The number of nitrogen functional groups attached to an aromatic ring is 1. The van der Waals surface area contributed by atoms with Crippen LogP contribution in [-0.2, 0) is 17.9 Å². The number of hydrogen-bond donors (Lipinski definition) is 3. The number of carbonyl (C=O) groups is 2. The van der Waals surface area contributed by atoms with E-state index in [-0.39, 0.29) is 23.6 Å². The summed E-state index contributed by atoms with van der Waals surface area (Å²) in [7, 11) is 0. The summed E-state index contributed by atoms with van der Waals surface area (Å²) in [6.07, 6.45) is 3.21. The van der Waals surface area contributed by atoms with Crippen molar-refractivity contribution in [2.75, 3.05) is 5.73 Å². The summed E-state index contributed by atoms with van der Waals surface area (Å²) in [4.78, 5) is 45.6. The second-order valence-corrected chi connectivity index (χ2v) is 7.58. The summed E-state index contributed by atoms with van der Waals surface area (Å²) in [6, 6.07) is 14.2. The molecule has 0 aliphatic heterocycles. The number of hydrogen-bond acceptors (Lipinski definition) is 6. The largest absolute Gasteiger partial charge is 0.480 e. The summed E-state index contributed by atoms with van der Waals surface area (Å²) >= 11 is 0. The Kier molecular flexibility index (Phi) is 5.86. The Hall–Kier alpha value is -4.53. The molecule has 4 N–H and O–H groups in total. The number of carbonyl (C=O) groups excluding carboxylic acids is 1. The predicted molar refractivity (Wildman–Crippen MR) is 124 cm³/mol. The van der Waals surface area contributed by atoms with Crippen LogP contribution in [0.5, 0.6) is 0 Å². The fraction of sp³-hybridized carbons (Fsp3) is 0.125. The van der Waals surface area contributed by atoms with Crippen molar-refractivity contribution in [3.8, 4) is 11.1 Å². The Morgan fingerprint density at radius 2 is 1.79 bits per heavy atom. The number of aryl methyl sites for hydroxylation is 1. The Morgan fingerprint density at radius 1 is 1.09 bits per heavy atom. The van der Waals surface area contributed by atoms with Crippen LogP contribution in [0.4, 0.5) is 5.82 Å². The molecule has 4 rings (SSSR count). The van der Waals surface area contributed by atoms with E-state index in [1.165, 1.54) is 6.07 Å². The summed E-state index contributed by atoms with van der Waals surface area (Å²) in [5.41, 5.74) is 8.56. The van der Waals surface area contributed by atoms with E-state index in [4.69, 9.17) is 5.73 Å². The van der Waals surface area contributed by atoms with Crippen molar-refractivity contribution in [1.82, 2.24) is 19.9 Å². The number of carboxylic acid groups (broad SMARTS) is 1. The number of aromatic nitrogens is 3. The highest BCUT2D eigenvalue weighted by Crippen LogP contribution is 2.27. The van der Waals surface area contributed by atoms with Crippen LogP contribution in [0.1, 0.15) is 21.5 Å². The van der Waals surface area contributed by atoms with Gasteiger partial charge in [0.05, 0.1) is 0 Å². The maximum Gasteiger partial charge on any atom is 0.323 e. The molecule has 0 aliphatic carbocycles. The quantitative estimate of drug-likeness (QED) is 0.415. The monoisotopic (exact) mass is 443 g/mol. The first-order chi connectivity index (χ1) is 15.8. The van der Waals surface area contributed by atoms with Gasteiger partial charge in [0.2, 0.25) is 0 Å². The zero-order valence-electron chi connectivity index (χ0n) is 17.8. The fourth-order valence-electron chi connectivity index (χ4n) is 3.50. The van der Waals surface area contributed by atoms with E-state index in [9.17, 15) is 19.5 Å². The molecule has 166 valence electrons. The van der Waals surface area contributed by atoms with Gasteiger partial charge in [-0.25, -0.2) is 4.98 Å². The molecule has 0 saturated carbocycles. The molecule has 33 heavy (non-hydrogen) atoms. The highest BCUT2D eigenvalue weighted by molar-refractivity contribution is 5.98. The molecular weight excluding hydrogens is 422 g/mol. The van der Waals surface area contributed by atoms with Crippen LogP contribution in [0.3, 0.4) is 0 Å². The number of pyridine rings is 3. The number of carboxylic acids is 1. The molecule has 9 heteroatoms. The van der Waals surface area contributed by atoms with Gasteiger partial charge in [-0.2, -0.15) is 0 Å². The van der Waals surface area contributed by atoms with Gasteiger partial charge in [0, 0.05) is 29.9 Å². The van der Waals surface area contributed by atoms with Crippen molar-refractivity contribution < 1.29 is 14.7 Å². The minimum atomic E-state index is -1.24. The number of nitrogens with zero attached hydrogens (tertiary/aromatic N) is 3. The lowest BCUT2D eigenvalue weighted by Crippen LogP contribution is -2.34. The maximum atomic E-state index is 13.0. The Balaban J connectivity index is 1.79. The fourth-order valence-corrected chi connectivity index (χ4v) is 3.50. The second kappa shape index (κ2) is 8.91. The topological polar surface area (TPSA) is 140 Å². The molecule has 0 bridgehead atoms. The summed E-state index contributed by atoms with van der Waals surface area (Å²) in [6.45, 7) is 1.52. The lowest BCUT2D eigenvalue weighted by molar-refractivity contribution is -0.137. The number of benzene rings is 1. The van der Waals surface area contributed by atoms with E-state index in [1.54, 1.807) is 30.6 Å². The van der Waals surface area contributed by atoms with Crippen molar-refractivity contribution in [3.63, 3.8) is 0 Å². The molecule has 0 atom stereocenters. The van der Waals surface area contributed by atoms with Gasteiger partial charge < -0.3 is 16.2 Å². The second-order valence-electron chi connectivity index (χ2n) is 7.58. The van der Waals surface area contributed by atoms with Crippen LogP contribution in [0.2, 0.25) is 0 Å². The number of anilines is 1. The van der Waals surface area contributed by atoms with Crippen molar-refractivity contribution in [3.05, 3.63) is 88.0 Å². The third-order valence-corrected chi connectivity index (χ3v) is 5.19. The third-order valence-electron chi connectivity index (χ3n) is 5.19. The molecule has 0 spiro atoms. The predicted octanol–water partition coefficient (Wildman–Crippen LogP) is 2.36. The maximum absolute atomic E-state index is 13.0. The number of aliphatic carboxylic acids is 1. The molecule has 0 fully saturated rings.